The van der Waals surface area contributed by atoms with Crippen LogP contribution in [0.4, 0.5) is 0 Å². The maximum absolute atomic E-state index is 11.4. The highest BCUT2D eigenvalue weighted by atomic mass is 32.1. The number of carboxylic acids is 2. The summed E-state index contributed by atoms with van der Waals surface area (Å²) in [6.07, 6.45) is -0.502. The molecule has 3 N–H and O–H groups in total. The van der Waals surface area contributed by atoms with E-state index in [1.54, 1.807) is 17.5 Å². The van der Waals surface area contributed by atoms with E-state index in [9.17, 15) is 19.0 Å². The van der Waals surface area contributed by atoms with Crippen LogP contribution < -0.4 is 0 Å². The fraction of sp³-hybridized carbons (Fsp3) is 0.400. The van der Waals surface area contributed by atoms with Gasteiger partial charge in [0, 0.05) is 11.3 Å². The van der Waals surface area contributed by atoms with E-state index in [1.807, 2.05) is 0 Å². The maximum Gasteiger partial charge on any atom is 0.307 e. The Kier molecular flexibility index (Phi) is 5.53. The summed E-state index contributed by atoms with van der Waals surface area (Å²) >= 11 is 1.19. The number of hydrogen-bond acceptors (Lipinski definition) is 4. The third-order valence-electron chi connectivity index (χ3n) is 2.50. The molecule has 0 saturated carbocycles. The number of carbonyl (C=O) groups is 2. The molecule has 1 rings (SSSR count). The first kappa shape index (κ1) is 14.9. The molecule has 0 aliphatic heterocycles. The zero-order valence-corrected chi connectivity index (χ0v) is 11.1. The van der Waals surface area contributed by atoms with E-state index in [-0.39, 0.29) is 12.8 Å². The van der Waals surface area contributed by atoms with Crippen molar-refractivity contribution in [3.8, 4) is 0 Å². The van der Waals surface area contributed by atoms with Crippen molar-refractivity contribution in [1.82, 2.24) is 0 Å². The molecule has 18 heavy (non-hydrogen) atoms. The lowest BCUT2D eigenvalue weighted by molar-refractivity contribution is -0.143. The van der Waals surface area contributed by atoms with E-state index in [4.69, 9.17) is 10.2 Å². The van der Waals surface area contributed by atoms with E-state index >= 15 is 0 Å². The summed E-state index contributed by atoms with van der Waals surface area (Å²) in [5.41, 5.74) is -1.02. The van der Waals surface area contributed by atoms with Crippen molar-refractivity contribution in [1.29, 1.82) is 0 Å². The Morgan fingerprint density at radius 1 is 1.39 bits per heavy atom. The number of aliphatic carboxylic acids is 2. The van der Waals surface area contributed by atoms with Gasteiger partial charge < -0.3 is 15.1 Å². The minimum absolute atomic E-state index is 0.162. The third kappa shape index (κ3) is 3.94. The maximum atomic E-state index is 11.4. The monoisotopic (exact) mass is 292 g/mol. The molecule has 1 aromatic rings. The van der Waals surface area contributed by atoms with E-state index in [0.717, 1.165) is 0 Å². The molecule has 8 heteroatoms. The molecular weight excluding hydrogens is 279 g/mol. The fourth-order valence-corrected chi connectivity index (χ4v) is 3.95. The van der Waals surface area contributed by atoms with Crippen LogP contribution in [-0.4, -0.2) is 27.0 Å². The summed E-state index contributed by atoms with van der Waals surface area (Å²) in [6, 6.07) is 3.25. The molecule has 0 radical (unpaired) electrons. The highest BCUT2D eigenvalue weighted by molar-refractivity contribution is 7.39. The Morgan fingerprint density at radius 3 is 2.44 bits per heavy atom. The van der Waals surface area contributed by atoms with Crippen molar-refractivity contribution < 1.29 is 29.3 Å². The minimum Gasteiger partial charge on any atom is -0.481 e. The second-order valence-electron chi connectivity index (χ2n) is 3.71. The van der Waals surface area contributed by atoms with Crippen LogP contribution in [0, 0.1) is 5.92 Å². The van der Waals surface area contributed by atoms with Gasteiger partial charge in [-0.25, -0.2) is 0 Å². The van der Waals surface area contributed by atoms with Crippen molar-refractivity contribution in [2.24, 2.45) is 5.92 Å². The number of carboxylic acid groups (broad SMARTS) is 2. The predicted molar refractivity (Wildman–Crippen MR) is 66.3 cm³/mol. The van der Waals surface area contributed by atoms with Gasteiger partial charge in [0.05, 0.1) is 11.6 Å². The van der Waals surface area contributed by atoms with Crippen LogP contribution in [0.25, 0.3) is 0 Å². The lowest BCUT2D eigenvalue weighted by Crippen LogP contribution is -2.21. The van der Waals surface area contributed by atoms with Crippen LogP contribution in [0.1, 0.15) is 23.4 Å². The Labute approximate surface area is 108 Å². The number of hydrogen-bond donors (Lipinski definition) is 3. The molecule has 1 aromatic heterocycles. The van der Waals surface area contributed by atoms with E-state index in [1.165, 1.54) is 11.3 Å². The van der Waals surface area contributed by atoms with Crippen molar-refractivity contribution in [3.05, 3.63) is 22.4 Å². The lowest BCUT2D eigenvalue weighted by atomic mass is 9.98. The Hall–Kier alpha value is -1.17. The van der Waals surface area contributed by atoms with E-state index in [0.29, 0.717) is 4.88 Å². The van der Waals surface area contributed by atoms with Gasteiger partial charge in [-0.05, 0) is 17.9 Å². The van der Waals surface area contributed by atoms with E-state index < -0.39 is 31.5 Å². The third-order valence-corrected chi connectivity index (χ3v) is 4.91. The van der Waals surface area contributed by atoms with Gasteiger partial charge in [0.1, 0.15) is 0 Å². The molecule has 0 saturated heterocycles. The predicted octanol–water partition coefficient (Wildman–Crippen LogP) is 1.82. The molecule has 3 atom stereocenters. The first-order chi connectivity index (χ1) is 8.43. The lowest BCUT2D eigenvalue weighted by Gasteiger charge is -2.19. The summed E-state index contributed by atoms with van der Waals surface area (Å²) in [4.78, 5) is 31.4. The molecule has 6 nitrogen and oxygen atoms in total. The fourth-order valence-electron chi connectivity index (χ4n) is 1.67. The van der Waals surface area contributed by atoms with Crippen molar-refractivity contribution in [2.75, 3.05) is 0 Å². The van der Waals surface area contributed by atoms with Gasteiger partial charge >= 0.3 is 11.9 Å². The average molecular weight is 292 g/mol. The normalized spacial score (nSPS) is 15.8. The summed E-state index contributed by atoms with van der Waals surface area (Å²) in [5.74, 6) is -3.53. The van der Waals surface area contributed by atoms with Gasteiger partial charge in [0.2, 0.25) is 0 Å². The van der Waals surface area contributed by atoms with Gasteiger partial charge in [0.25, 0.3) is 0 Å². The van der Waals surface area contributed by atoms with Gasteiger partial charge in [-0.2, -0.15) is 0 Å². The Morgan fingerprint density at radius 2 is 2.06 bits per heavy atom. The minimum atomic E-state index is -3.10. The smallest absolute Gasteiger partial charge is 0.307 e. The zero-order chi connectivity index (χ0) is 13.7. The first-order valence-electron chi connectivity index (χ1n) is 5.14. The Bertz CT molecular complexity index is 443. The van der Waals surface area contributed by atoms with Crippen molar-refractivity contribution >= 4 is 31.3 Å². The molecule has 0 bridgehead atoms. The summed E-state index contributed by atoms with van der Waals surface area (Å²) in [6.45, 7) is 0. The first-order valence-corrected chi connectivity index (χ1v) is 7.45. The zero-order valence-electron chi connectivity index (χ0n) is 9.28. The molecular formula is C10H13O6PS. The van der Waals surface area contributed by atoms with Crippen molar-refractivity contribution in [3.63, 3.8) is 0 Å². The number of rotatable bonds is 7. The standard InChI is InChI=1S/C10H13O6PS/c11-8(12)4-3-6(10(13)14)9(17(15)16)7-2-1-5-18-7/h1-2,5-6,9,17H,3-4H2,(H,11,12)(H,13,14)(H,15,16). The quantitative estimate of drug-likeness (QED) is 0.661. The molecule has 100 valence electrons. The largest absolute Gasteiger partial charge is 0.481 e. The highest BCUT2D eigenvalue weighted by Crippen LogP contribution is 2.46. The van der Waals surface area contributed by atoms with Gasteiger partial charge in [0.15, 0.2) is 8.03 Å². The summed E-state index contributed by atoms with van der Waals surface area (Å²) in [7, 11) is -3.10. The average Bonchev–Trinajstić information content (AvgIpc) is 2.75. The summed E-state index contributed by atoms with van der Waals surface area (Å²) < 4.78 is 11.4. The van der Waals surface area contributed by atoms with Crippen LogP contribution in [0.2, 0.25) is 0 Å². The molecule has 0 fully saturated rings. The van der Waals surface area contributed by atoms with Crippen molar-refractivity contribution in [2.45, 2.75) is 18.5 Å². The molecule has 3 unspecified atom stereocenters. The van der Waals surface area contributed by atoms with Crippen LogP contribution in [0.5, 0.6) is 0 Å². The molecule has 0 spiro atoms. The van der Waals surface area contributed by atoms with Crippen LogP contribution >= 0.6 is 19.4 Å². The van der Waals surface area contributed by atoms with Gasteiger partial charge in [-0.15, -0.1) is 11.3 Å². The second-order valence-corrected chi connectivity index (χ2v) is 5.99. The molecule has 0 aromatic carbocycles. The second kappa shape index (κ2) is 6.68. The molecule has 0 aliphatic carbocycles. The number of thiophene rings is 1. The Balaban J connectivity index is 2.96. The van der Waals surface area contributed by atoms with Crippen LogP contribution in [0.15, 0.2) is 17.5 Å². The SMILES string of the molecule is O=C(O)CCC(C(=O)O)C(c1cccs1)[PH](=O)O. The topological polar surface area (TPSA) is 112 Å². The van der Waals surface area contributed by atoms with E-state index in [2.05, 4.69) is 0 Å². The van der Waals surface area contributed by atoms with Crippen LogP contribution in [0.3, 0.4) is 0 Å². The van der Waals surface area contributed by atoms with Gasteiger partial charge in [-0.3, -0.25) is 14.2 Å². The molecule has 0 amide bonds. The highest BCUT2D eigenvalue weighted by Gasteiger charge is 2.34. The summed E-state index contributed by atoms with van der Waals surface area (Å²) in [5, 5.41) is 19.3. The molecule has 1 heterocycles. The molecule has 0 aliphatic rings. The van der Waals surface area contributed by atoms with Gasteiger partial charge in [-0.1, -0.05) is 6.07 Å². The van der Waals surface area contributed by atoms with Crippen LogP contribution in [-0.2, 0) is 14.2 Å².